The number of hydrogen-bond acceptors (Lipinski definition) is 3. The van der Waals surface area contributed by atoms with Crippen LogP contribution < -0.4 is 9.80 Å². The van der Waals surface area contributed by atoms with Gasteiger partial charge in [0.05, 0.1) is 31.1 Å². The van der Waals surface area contributed by atoms with E-state index in [0.29, 0.717) is 6.54 Å². The van der Waals surface area contributed by atoms with Gasteiger partial charge in [0.15, 0.2) is 0 Å². The predicted molar refractivity (Wildman–Crippen MR) is 77.8 cm³/mol. The molecule has 4 nitrogen and oxygen atoms in total. The first-order valence-electron chi connectivity index (χ1n) is 6.46. The zero-order valence-corrected chi connectivity index (χ0v) is 11.7. The van der Waals surface area contributed by atoms with E-state index in [2.05, 4.69) is 18.4 Å². The predicted octanol–water partition coefficient (Wildman–Crippen LogP) is 3.04. The standard InChI is InChI=1S/C15H20N2O2/c1-5-16-12-8-6-7-9-13(12)17(15(18)19-4)10-14(16)11(2)3/h6-9,14H,2,5,10H2,1,3-4H3. The second-order valence-corrected chi connectivity index (χ2v) is 4.72. The lowest BCUT2D eigenvalue weighted by molar-refractivity contribution is 0.178. The molecule has 19 heavy (non-hydrogen) atoms. The molecule has 1 aromatic rings. The van der Waals surface area contributed by atoms with Crippen LogP contribution in [0.3, 0.4) is 0 Å². The highest BCUT2D eigenvalue weighted by Gasteiger charge is 2.33. The number of methoxy groups -OCH3 is 1. The third kappa shape index (κ3) is 2.30. The summed E-state index contributed by atoms with van der Waals surface area (Å²) in [6.07, 6.45) is -0.325. The molecule has 1 heterocycles. The number of anilines is 2. The van der Waals surface area contributed by atoms with E-state index in [1.165, 1.54) is 7.11 Å². The molecule has 0 N–H and O–H groups in total. The summed E-state index contributed by atoms with van der Waals surface area (Å²) in [4.78, 5) is 15.9. The largest absolute Gasteiger partial charge is 0.452 e. The number of nitrogens with zero attached hydrogens (tertiary/aromatic N) is 2. The number of likely N-dealkylation sites (N-methyl/N-ethyl adjacent to an activating group) is 1. The minimum absolute atomic E-state index is 0.124. The van der Waals surface area contributed by atoms with Crippen LogP contribution in [-0.4, -0.2) is 32.3 Å². The minimum atomic E-state index is -0.325. The maximum absolute atomic E-state index is 11.9. The van der Waals surface area contributed by atoms with Crippen molar-refractivity contribution in [3.8, 4) is 0 Å². The van der Waals surface area contributed by atoms with Crippen molar-refractivity contribution in [1.82, 2.24) is 0 Å². The SMILES string of the molecule is C=C(C)C1CN(C(=O)OC)c2ccccc2N1CC. The van der Waals surface area contributed by atoms with Crippen LogP contribution in [-0.2, 0) is 4.74 Å². The van der Waals surface area contributed by atoms with Crippen molar-refractivity contribution in [3.05, 3.63) is 36.4 Å². The van der Waals surface area contributed by atoms with Crippen LogP contribution in [0.1, 0.15) is 13.8 Å². The molecule has 1 aromatic carbocycles. The molecular weight excluding hydrogens is 240 g/mol. The number of fused-ring (bicyclic) bond motifs is 1. The first-order chi connectivity index (χ1) is 9.10. The highest BCUT2D eigenvalue weighted by atomic mass is 16.5. The Morgan fingerprint density at radius 1 is 1.42 bits per heavy atom. The Morgan fingerprint density at radius 3 is 2.58 bits per heavy atom. The van der Waals surface area contributed by atoms with E-state index in [1.807, 2.05) is 31.2 Å². The molecule has 1 aliphatic rings. The summed E-state index contributed by atoms with van der Waals surface area (Å²) in [6.45, 7) is 9.61. The summed E-state index contributed by atoms with van der Waals surface area (Å²) < 4.78 is 4.88. The Morgan fingerprint density at radius 2 is 2.05 bits per heavy atom. The molecular formula is C15H20N2O2. The summed E-state index contributed by atoms with van der Waals surface area (Å²) in [5.41, 5.74) is 2.99. The Kier molecular flexibility index (Phi) is 3.79. The number of hydrogen-bond donors (Lipinski definition) is 0. The van der Waals surface area contributed by atoms with Gasteiger partial charge in [0.1, 0.15) is 0 Å². The maximum Gasteiger partial charge on any atom is 0.414 e. The monoisotopic (exact) mass is 260 g/mol. The second-order valence-electron chi connectivity index (χ2n) is 4.72. The molecule has 0 bridgehead atoms. The van der Waals surface area contributed by atoms with Crippen molar-refractivity contribution in [2.45, 2.75) is 19.9 Å². The zero-order valence-electron chi connectivity index (χ0n) is 11.7. The van der Waals surface area contributed by atoms with Gasteiger partial charge in [0.25, 0.3) is 0 Å². The third-order valence-electron chi connectivity index (χ3n) is 3.52. The molecule has 1 aliphatic heterocycles. The summed E-state index contributed by atoms with van der Waals surface area (Å²) in [6, 6.07) is 8.02. The van der Waals surface area contributed by atoms with E-state index in [9.17, 15) is 4.79 Å². The van der Waals surface area contributed by atoms with Gasteiger partial charge in [-0.3, -0.25) is 4.90 Å². The van der Waals surface area contributed by atoms with Gasteiger partial charge in [-0.15, -0.1) is 0 Å². The maximum atomic E-state index is 11.9. The number of benzene rings is 1. The van der Waals surface area contributed by atoms with Gasteiger partial charge in [-0.2, -0.15) is 0 Å². The van der Waals surface area contributed by atoms with Crippen molar-refractivity contribution in [2.24, 2.45) is 0 Å². The Hall–Kier alpha value is -1.97. The number of carbonyl (C=O) groups is 1. The van der Waals surface area contributed by atoms with Crippen LogP contribution in [0.5, 0.6) is 0 Å². The van der Waals surface area contributed by atoms with Crippen LogP contribution in [0.25, 0.3) is 0 Å². The molecule has 0 radical (unpaired) electrons. The fourth-order valence-electron chi connectivity index (χ4n) is 2.57. The molecule has 0 saturated carbocycles. The Labute approximate surface area is 114 Å². The Bertz CT molecular complexity index is 499. The molecule has 0 saturated heterocycles. The van der Waals surface area contributed by atoms with Crippen LogP contribution in [0.15, 0.2) is 36.4 Å². The van der Waals surface area contributed by atoms with Crippen LogP contribution >= 0.6 is 0 Å². The van der Waals surface area contributed by atoms with Gasteiger partial charge in [0.2, 0.25) is 0 Å². The van der Waals surface area contributed by atoms with E-state index in [4.69, 9.17) is 4.74 Å². The van der Waals surface area contributed by atoms with Crippen LogP contribution in [0, 0.1) is 0 Å². The zero-order chi connectivity index (χ0) is 14.0. The van der Waals surface area contributed by atoms with Gasteiger partial charge in [0, 0.05) is 6.54 Å². The first kappa shape index (κ1) is 13.5. The molecule has 1 atom stereocenters. The average Bonchev–Trinajstić information content (AvgIpc) is 2.44. The molecule has 1 unspecified atom stereocenters. The summed E-state index contributed by atoms with van der Waals surface area (Å²) in [7, 11) is 1.41. The normalized spacial score (nSPS) is 17.9. The number of ether oxygens (including phenoxy) is 1. The molecule has 0 fully saturated rings. The second kappa shape index (κ2) is 5.34. The highest BCUT2D eigenvalue weighted by molar-refractivity contribution is 5.94. The lowest BCUT2D eigenvalue weighted by Gasteiger charge is -2.43. The number of amides is 1. The number of para-hydroxylation sites is 2. The van der Waals surface area contributed by atoms with E-state index < -0.39 is 0 Å². The van der Waals surface area contributed by atoms with Crippen LogP contribution in [0.2, 0.25) is 0 Å². The van der Waals surface area contributed by atoms with E-state index >= 15 is 0 Å². The van der Waals surface area contributed by atoms with E-state index in [1.54, 1.807) is 4.90 Å². The smallest absolute Gasteiger partial charge is 0.414 e. The van der Waals surface area contributed by atoms with Gasteiger partial charge in [-0.05, 0) is 26.0 Å². The van der Waals surface area contributed by atoms with Crippen molar-refractivity contribution in [2.75, 3.05) is 30.0 Å². The van der Waals surface area contributed by atoms with Crippen molar-refractivity contribution in [3.63, 3.8) is 0 Å². The molecule has 4 heteroatoms. The molecule has 2 rings (SSSR count). The van der Waals surface area contributed by atoms with E-state index in [-0.39, 0.29) is 12.1 Å². The average molecular weight is 260 g/mol. The van der Waals surface area contributed by atoms with Gasteiger partial charge < -0.3 is 9.64 Å². The first-order valence-corrected chi connectivity index (χ1v) is 6.46. The molecule has 0 aromatic heterocycles. The molecule has 1 amide bonds. The number of carbonyl (C=O) groups excluding carboxylic acids is 1. The van der Waals surface area contributed by atoms with Crippen LogP contribution in [0.4, 0.5) is 16.2 Å². The van der Waals surface area contributed by atoms with Crippen molar-refractivity contribution < 1.29 is 9.53 Å². The highest BCUT2D eigenvalue weighted by Crippen LogP contribution is 2.36. The summed E-state index contributed by atoms with van der Waals surface area (Å²) in [5.74, 6) is 0. The fraction of sp³-hybridized carbons (Fsp3) is 0.400. The lowest BCUT2D eigenvalue weighted by atomic mass is 10.0. The topological polar surface area (TPSA) is 32.8 Å². The fourth-order valence-corrected chi connectivity index (χ4v) is 2.57. The minimum Gasteiger partial charge on any atom is -0.452 e. The lowest BCUT2D eigenvalue weighted by Crippen LogP contribution is -2.51. The van der Waals surface area contributed by atoms with Gasteiger partial charge in [-0.1, -0.05) is 24.3 Å². The summed E-state index contributed by atoms with van der Waals surface area (Å²) in [5, 5.41) is 0. The number of rotatable bonds is 2. The van der Waals surface area contributed by atoms with Crippen molar-refractivity contribution in [1.29, 1.82) is 0 Å². The Balaban J connectivity index is 2.50. The van der Waals surface area contributed by atoms with Gasteiger partial charge in [-0.25, -0.2) is 4.79 Å². The third-order valence-corrected chi connectivity index (χ3v) is 3.52. The summed E-state index contributed by atoms with van der Waals surface area (Å²) >= 11 is 0. The van der Waals surface area contributed by atoms with Gasteiger partial charge >= 0.3 is 6.09 Å². The van der Waals surface area contributed by atoms with E-state index in [0.717, 1.165) is 23.5 Å². The molecule has 0 spiro atoms. The molecule has 102 valence electrons. The quantitative estimate of drug-likeness (QED) is 0.766. The molecule has 0 aliphatic carbocycles. The van der Waals surface area contributed by atoms with Crippen molar-refractivity contribution >= 4 is 17.5 Å².